The van der Waals surface area contributed by atoms with E-state index in [9.17, 15) is 0 Å². The van der Waals surface area contributed by atoms with Crippen LogP contribution in [0.3, 0.4) is 0 Å². The van der Waals surface area contributed by atoms with E-state index in [1.807, 2.05) is 37.4 Å². The van der Waals surface area contributed by atoms with Gasteiger partial charge in [-0.15, -0.1) is 0 Å². The minimum atomic E-state index is 0.192. The first kappa shape index (κ1) is 19.4. The molecule has 1 atom stereocenters. The monoisotopic (exact) mass is 410 g/mol. The second-order valence-corrected chi connectivity index (χ2v) is 8.10. The topological polar surface area (TPSA) is 68.5 Å². The Hall–Kier alpha value is -3.54. The maximum absolute atomic E-state index is 4.83. The molecule has 1 aromatic carbocycles. The predicted octanol–water partition coefficient (Wildman–Crippen LogP) is 4.89. The molecule has 0 fully saturated rings. The second kappa shape index (κ2) is 8.30. The third kappa shape index (κ3) is 3.93. The van der Waals surface area contributed by atoms with Crippen LogP contribution < -0.4 is 5.32 Å². The molecule has 0 radical (unpaired) electrons. The van der Waals surface area contributed by atoms with Crippen LogP contribution in [0, 0.1) is 13.8 Å². The summed E-state index contributed by atoms with van der Waals surface area (Å²) in [7, 11) is 0. The van der Waals surface area contributed by atoms with Crippen molar-refractivity contribution in [2.45, 2.75) is 45.7 Å². The molecule has 5 rings (SSSR count). The average molecular weight is 411 g/mol. The van der Waals surface area contributed by atoms with E-state index in [-0.39, 0.29) is 6.04 Å². The lowest BCUT2D eigenvalue weighted by atomic mass is 9.92. The molecule has 3 heterocycles. The van der Waals surface area contributed by atoms with Crippen molar-refractivity contribution in [3.63, 3.8) is 0 Å². The van der Waals surface area contributed by atoms with E-state index >= 15 is 0 Å². The number of benzene rings is 1. The molecule has 4 aromatic rings. The van der Waals surface area contributed by atoms with Gasteiger partial charge < -0.3 is 5.32 Å². The molecular formula is C25H26N6. The highest BCUT2D eigenvalue weighted by molar-refractivity contribution is 5.57. The average Bonchev–Trinajstić information content (AvgIpc) is 3.22. The molecule has 0 saturated heterocycles. The summed E-state index contributed by atoms with van der Waals surface area (Å²) >= 11 is 0. The van der Waals surface area contributed by atoms with E-state index in [0.717, 1.165) is 48.6 Å². The molecule has 1 unspecified atom stereocenters. The van der Waals surface area contributed by atoms with Crippen molar-refractivity contribution in [1.82, 2.24) is 24.7 Å². The molecule has 1 aliphatic carbocycles. The first-order valence-electron chi connectivity index (χ1n) is 10.8. The van der Waals surface area contributed by atoms with E-state index in [1.54, 1.807) is 6.20 Å². The molecule has 0 amide bonds. The minimum absolute atomic E-state index is 0.192. The number of nitrogens with zero attached hydrogens (tertiary/aromatic N) is 5. The van der Waals surface area contributed by atoms with E-state index in [2.05, 4.69) is 51.2 Å². The molecular weight excluding hydrogens is 384 g/mol. The second-order valence-electron chi connectivity index (χ2n) is 8.10. The number of pyridine rings is 1. The Balaban J connectivity index is 1.44. The van der Waals surface area contributed by atoms with Gasteiger partial charge in [0, 0.05) is 28.7 Å². The van der Waals surface area contributed by atoms with Crippen molar-refractivity contribution in [3.05, 3.63) is 89.0 Å². The number of aromatic nitrogens is 5. The van der Waals surface area contributed by atoms with Gasteiger partial charge in [-0.25, -0.2) is 9.97 Å². The van der Waals surface area contributed by atoms with Gasteiger partial charge in [0.2, 0.25) is 0 Å². The van der Waals surface area contributed by atoms with Crippen LogP contribution in [0.15, 0.2) is 60.9 Å². The fourth-order valence-electron chi connectivity index (χ4n) is 4.21. The summed E-state index contributed by atoms with van der Waals surface area (Å²) in [6.45, 7) is 4.90. The molecule has 6 nitrogen and oxygen atoms in total. The number of hydrogen-bond donors (Lipinski definition) is 1. The Morgan fingerprint density at radius 1 is 1.03 bits per heavy atom. The summed E-state index contributed by atoms with van der Waals surface area (Å²) in [6.07, 6.45) is 7.04. The van der Waals surface area contributed by atoms with Crippen LogP contribution in [0.2, 0.25) is 0 Å². The maximum atomic E-state index is 4.83. The molecule has 0 saturated carbocycles. The Kier molecular flexibility index (Phi) is 5.20. The summed E-state index contributed by atoms with van der Waals surface area (Å²) in [4.78, 5) is 13.9. The third-order valence-electron chi connectivity index (χ3n) is 6.03. The highest BCUT2D eigenvalue weighted by Gasteiger charge is 2.25. The number of aryl methyl sites for hydroxylation is 1. The van der Waals surface area contributed by atoms with Gasteiger partial charge in [0.05, 0.1) is 18.8 Å². The maximum Gasteiger partial charge on any atom is 0.180 e. The molecule has 156 valence electrons. The van der Waals surface area contributed by atoms with Gasteiger partial charge in [-0.3, -0.25) is 9.67 Å². The zero-order chi connectivity index (χ0) is 21.2. The van der Waals surface area contributed by atoms with Crippen molar-refractivity contribution >= 4 is 5.82 Å². The SMILES string of the molecule is Cc1nc(-c2ccccn2)nc(NC2CCCc3c2cnn3Cc2ccccc2)c1C. The van der Waals surface area contributed by atoms with Gasteiger partial charge in [0.1, 0.15) is 11.5 Å². The van der Waals surface area contributed by atoms with Gasteiger partial charge in [-0.1, -0.05) is 36.4 Å². The summed E-state index contributed by atoms with van der Waals surface area (Å²) in [5, 5.41) is 8.43. The summed E-state index contributed by atoms with van der Waals surface area (Å²) in [5.41, 5.74) is 6.69. The van der Waals surface area contributed by atoms with E-state index in [0.29, 0.717) is 5.82 Å². The fraction of sp³-hybridized carbons (Fsp3) is 0.280. The Morgan fingerprint density at radius 3 is 2.68 bits per heavy atom. The number of rotatable bonds is 5. The molecule has 6 heteroatoms. The summed E-state index contributed by atoms with van der Waals surface area (Å²) in [6, 6.07) is 16.5. The van der Waals surface area contributed by atoms with E-state index in [1.165, 1.54) is 16.8 Å². The van der Waals surface area contributed by atoms with Crippen LogP contribution in [-0.4, -0.2) is 24.7 Å². The van der Waals surface area contributed by atoms with Crippen molar-refractivity contribution < 1.29 is 0 Å². The normalized spacial score (nSPS) is 15.5. The number of hydrogen-bond acceptors (Lipinski definition) is 5. The smallest absolute Gasteiger partial charge is 0.180 e. The first-order valence-corrected chi connectivity index (χ1v) is 10.8. The quantitative estimate of drug-likeness (QED) is 0.507. The lowest BCUT2D eigenvalue weighted by Gasteiger charge is -2.26. The molecule has 0 spiro atoms. The molecule has 3 aromatic heterocycles. The molecule has 0 aliphatic heterocycles. The van der Waals surface area contributed by atoms with E-state index in [4.69, 9.17) is 10.1 Å². The molecule has 1 aliphatic rings. The van der Waals surface area contributed by atoms with Crippen LogP contribution in [0.5, 0.6) is 0 Å². The first-order chi connectivity index (χ1) is 15.2. The lowest BCUT2D eigenvalue weighted by molar-refractivity contribution is 0.555. The van der Waals surface area contributed by atoms with Crippen molar-refractivity contribution in [2.75, 3.05) is 5.32 Å². The van der Waals surface area contributed by atoms with Crippen molar-refractivity contribution in [3.8, 4) is 11.5 Å². The standard InChI is InChI=1S/C25H26N6/c1-17-18(2)28-25(22-11-6-7-14-26-22)30-24(17)29-21-12-8-13-23-20(21)15-27-31(23)16-19-9-4-3-5-10-19/h3-7,9-11,14-15,21H,8,12-13,16H2,1-2H3,(H,28,29,30). The van der Waals surface area contributed by atoms with Crippen LogP contribution >= 0.6 is 0 Å². The number of fused-ring (bicyclic) bond motifs is 1. The minimum Gasteiger partial charge on any atom is -0.363 e. The van der Waals surface area contributed by atoms with Crippen molar-refractivity contribution in [2.24, 2.45) is 0 Å². The van der Waals surface area contributed by atoms with Crippen LogP contribution in [0.25, 0.3) is 11.5 Å². The van der Waals surface area contributed by atoms with Gasteiger partial charge >= 0.3 is 0 Å². The van der Waals surface area contributed by atoms with Gasteiger partial charge in [-0.2, -0.15) is 5.10 Å². The Bertz CT molecular complexity index is 1180. The summed E-state index contributed by atoms with van der Waals surface area (Å²) < 4.78 is 2.15. The number of anilines is 1. The number of nitrogens with one attached hydrogen (secondary N) is 1. The lowest BCUT2D eigenvalue weighted by Crippen LogP contribution is -2.20. The van der Waals surface area contributed by atoms with Crippen LogP contribution in [0.4, 0.5) is 5.82 Å². The molecule has 1 N–H and O–H groups in total. The molecule has 0 bridgehead atoms. The van der Waals surface area contributed by atoms with Gasteiger partial charge in [0.15, 0.2) is 5.82 Å². The Labute approximate surface area is 182 Å². The zero-order valence-electron chi connectivity index (χ0n) is 17.9. The predicted molar refractivity (Wildman–Crippen MR) is 122 cm³/mol. The van der Waals surface area contributed by atoms with Crippen LogP contribution in [-0.2, 0) is 13.0 Å². The largest absolute Gasteiger partial charge is 0.363 e. The third-order valence-corrected chi connectivity index (χ3v) is 6.03. The van der Waals surface area contributed by atoms with Gasteiger partial charge in [0.25, 0.3) is 0 Å². The van der Waals surface area contributed by atoms with Crippen LogP contribution in [0.1, 0.15) is 47.0 Å². The highest BCUT2D eigenvalue weighted by atomic mass is 15.3. The van der Waals surface area contributed by atoms with Gasteiger partial charge in [-0.05, 0) is 50.8 Å². The zero-order valence-corrected chi connectivity index (χ0v) is 17.9. The summed E-state index contributed by atoms with van der Waals surface area (Å²) in [5.74, 6) is 1.53. The fourth-order valence-corrected chi connectivity index (χ4v) is 4.21. The highest BCUT2D eigenvalue weighted by Crippen LogP contribution is 2.33. The van der Waals surface area contributed by atoms with E-state index < -0.39 is 0 Å². The molecule has 31 heavy (non-hydrogen) atoms. The Morgan fingerprint density at radius 2 is 1.87 bits per heavy atom. The van der Waals surface area contributed by atoms with Crippen molar-refractivity contribution in [1.29, 1.82) is 0 Å².